The molecule has 1 saturated heterocycles. The molecule has 3 aromatic carbocycles. The Kier molecular flexibility index (Phi) is 5.91. The molecule has 33 heavy (non-hydrogen) atoms. The highest BCUT2D eigenvalue weighted by atomic mass is 19.1. The van der Waals surface area contributed by atoms with Crippen molar-refractivity contribution in [2.45, 2.75) is 6.54 Å². The van der Waals surface area contributed by atoms with Gasteiger partial charge in [0, 0.05) is 31.7 Å². The molecule has 0 radical (unpaired) electrons. The van der Waals surface area contributed by atoms with Crippen molar-refractivity contribution in [3.8, 4) is 16.8 Å². The summed E-state index contributed by atoms with van der Waals surface area (Å²) in [5, 5.41) is 11.9. The van der Waals surface area contributed by atoms with Crippen molar-refractivity contribution in [2.24, 2.45) is 0 Å². The van der Waals surface area contributed by atoms with Gasteiger partial charge in [0.15, 0.2) is 5.82 Å². The second kappa shape index (κ2) is 9.30. The highest BCUT2D eigenvalue weighted by Crippen LogP contribution is 2.20. The van der Waals surface area contributed by atoms with E-state index in [0.717, 1.165) is 24.2 Å². The Bertz CT molecular complexity index is 1220. The molecule has 1 amide bonds. The smallest absolute Gasteiger partial charge is 0.253 e. The fourth-order valence-corrected chi connectivity index (χ4v) is 4.01. The third-order valence-corrected chi connectivity index (χ3v) is 5.87. The topological polar surface area (TPSA) is 67.2 Å². The van der Waals surface area contributed by atoms with Crippen LogP contribution in [0.5, 0.6) is 0 Å². The number of hydrogen-bond donors (Lipinski definition) is 0. The van der Waals surface area contributed by atoms with Crippen LogP contribution >= 0.6 is 0 Å². The molecule has 166 valence electrons. The molecule has 1 fully saturated rings. The number of benzene rings is 3. The molecule has 0 unspecified atom stereocenters. The van der Waals surface area contributed by atoms with E-state index in [1.807, 2.05) is 47.4 Å². The summed E-state index contributed by atoms with van der Waals surface area (Å²) in [7, 11) is 0. The fraction of sp³-hybridized carbons (Fsp3) is 0.200. The fourth-order valence-electron chi connectivity index (χ4n) is 4.01. The molecule has 1 aromatic heterocycles. The third-order valence-electron chi connectivity index (χ3n) is 5.87. The van der Waals surface area contributed by atoms with Gasteiger partial charge in [-0.15, -0.1) is 5.10 Å². The molecular formula is C25H23FN6O. The van der Waals surface area contributed by atoms with E-state index in [4.69, 9.17) is 0 Å². The summed E-state index contributed by atoms with van der Waals surface area (Å²) in [4.78, 5) is 17.1. The van der Waals surface area contributed by atoms with Crippen LogP contribution in [-0.2, 0) is 6.54 Å². The van der Waals surface area contributed by atoms with Gasteiger partial charge in [0.2, 0.25) is 0 Å². The predicted molar refractivity (Wildman–Crippen MR) is 122 cm³/mol. The lowest BCUT2D eigenvalue weighted by atomic mass is 10.0. The van der Waals surface area contributed by atoms with Gasteiger partial charge in [-0.3, -0.25) is 9.69 Å². The minimum atomic E-state index is -0.302. The summed E-state index contributed by atoms with van der Waals surface area (Å²) >= 11 is 0. The van der Waals surface area contributed by atoms with Crippen LogP contribution < -0.4 is 0 Å². The van der Waals surface area contributed by atoms with Crippen LogP contribution in [0.15, 0.2) is 78.9 Å². The Balaban J connectivity index is 1.19. The zero-order chi connectivity index (χ0) is 22.6. The van der Waals surface area contributed by atoms with Gasteiger partial charge in [-0.1, -0.05) is 42.5 Å². The highest BCUT2D eigenvalue weighted by molar-refractivity contribution is 5.94. The van der Waals surface area contributed by atoms with Gasteiger partial charge in [-0.05, 0) is 58.0 Å². The van der Waals surface area contributed by atoms with Crippen LogP contribution in [0, 0.1) is 5.82 Å². The molecule has 0 N–H and O–H groups in total. The van der Waals surface area contributed by atoms with Gasteiger partial charge in [-0.25, -0.2) is 4.39 Å². The van der Waals surface area contributed by atoms with E-state index >= 15 is 0 Å². The Morgan fingerprint density at radius 1 is 0.818 bits per heavy atom. The molecule has 2 heterocycles. The van der Waals surface area contributed by atoms with Crippen LogP contribution in [0.25, 0.3) is 16.8 Å². The molecule has 8 heteroatoms. The van der Waals surface area contributed by atoms with Crippen molar-refractivity contribution < 1.29 is 9.18 Å². The van der Waals surface area contributed by atoms with E-state index in [9.17, 15) is 9.18 Å². The number of aromatic nitrogens is 4. The minimum absolute atomic E-state index is 0.0467. The van der Waals surface area contributed by atoms with Gasteiger partial charge in [0.25, 0.3) is 5.91 Å². The maximum atomic E-state index is 13.2. The maximum Gasteiger partial charge on any atom is 0.253 e. The first kappa shape index (κ1) is 21.0. The van der Waals surface area contributed by atoms with Crippen LogP contribution in [-0.4, -0.2) is 62.1 Å². The van der Waals surface area contributed by atoms with E-state index in [1.54, 1.807) is 16.8 Å². The molecule has 0 saturated carbocycles. The second-order valence-corrected chi connectivity index (χ2v) is 8.00. The molecule has 0 bridgehead atoms. The molecular weight excluding hydrogens is 419 g/mol. The van der Waals surface area contributed by atoms with Gasteiger partial charge < -0.3 is 4.90 Å². The SMILES string of the molecule is O=C(c1ccc(-c2ccccc2)cc1)N1CCN(Cc2nnnn2-c2ccc(F)cc2)CC1. The van der Waals surface area contributed by atoms with Crippen molar-refractivity contribution >= 4 is 5.91 Å². The summed E-state index contributed by atoms with van der Waals surface area (Å²) in [6.07, 6.45) is 0. The van der Waals surface area contributed by atoms with Crippen LogP contribution in [0.1, 0.15) is 16.2 Å². The molecule has 1 aliphatic heterocycles. The summed E-state index contributed by atoms with van der Waals surface area (Å²) in [6, 6.07) is 24.0. The summed E-state index contributed by atoms with van der Waals surface area (Å²) < 4.78 is 14.8. The van der Waals surface area contributed by atoms with Crippen molar-refractivity contribution in [1.82, 2.24) is 30.0 Å². The Morgan fingerprint density at radius 2 is 1.48 bits per heavy atom. The average Bonchev–Trinajstić information content (AvgIpc) is 3.33. The van der Waals surface area contributed by atoms with Crippen molar-refractivity contribution in [2.75, 3.05) is 26.2 Å². The number of hydrogen-bond acceptors (Lipinski definition) is 5. The van der Waals surface area contributed by atoms with Crippen molar-refractivity contribution in [3.05, 3.63) is 96.1 Å². The quantitative estimate of drug-likeness (QED) is 0.474. The number of rotatable bonds is 5. The predicted octanol–water partition coefficient (Wildman–Crippen LogP) is 3.43. The number of amides is 1. The molecule has 7 nitrogen and oxygen atoms in total. The van der Waals surface area contributed by atoms with Crippen molar-refractivity contribution in [3.63, 3.8) is 0 Å². The van der Waals surface area contributed by atoms with Crippen LogP contribution in [0.3, 0.4) is 0 Å². The molecule has 0 aliphatic carbocycles. The first-order chi connectivity index (χ1) is 16.2. The van der Waals surface area contributed by atoms with E-state index in [-0.39, 0.29) is 11.7 Å². The maximum absolute atomic E-state index is 13.2. The Labute approximate surface area is 191 Å². The summed E-state index contributed by atoms with van der Waals surface area (Å²) in [5.74, 6) is 0.423. The zero-order valence-corrected chi connectivity index (χ0v) is 18.0. The molecule has 4 aromatic rings. The third kappa shape index (κ3) is 4.65. The number of carbonyl (C=O) groups is 1. The Hall–Kier alpha value is -3.91. The lowest BCUT2D eigenvalue weighted by Gasteiger charge is -2.34. The lowest BCUT2D eigenvalue weighted by molar-refractivity contribution is 0.0624. The van der Waals surface area contributed by atoms with Gasteiger partial charge in [0.1, 0.15) is 5.82 Å². The van der Waals surface area contributed by atoms with Crippen LogP contribution in [0.4, 0.5) is 4.39 Å². The van der Waals surface area contributed by atoms with E-state index in [0.29, 0.717) is 36.7 Å². The second-order valence-electron chi connectivity index (χ2n) is 8.00. The van der Waals surface area contributed by atoms with Gasteiger partial charge >= 0.3 is 0 Å². The normalized spacial score (nSPS) is 14.4. The summed E-state index contributed by atoms with van der Waals surface area (Å²) in [5.41, 5.74) is 3.64. The van der Waals surface area contributed by atoms with E-state index < -0.39 is 0 Å². The van der Waals surface area contributed by atoms with Gasteiger partial charge in [0.05, 0.1) is 12.2 Å². The largest absolute Gasteiger partial charge is 0.336 e. The number of tetrazole rings is 1. The summed E-state index contributed by atoms with van der Waals surface area (Å²) in [6.45, 7) is 3.28. The van der Waals surface area contributed by atoms with Crippen molar-refractivity contribution in [1.29, 1.82) is 0 Å². The minimum Gasteiger partial charge on any atom is -0.336 e. The average molecular weight is 442 g/mol. The zero-order valence-electron chi connectivity index (χ0n) is 18.0. The molecule has 0 atom stereocenters. The van der Waals surface area contributed by atoms with E-state index in [1.165, 1.54) is 12.1 Å². The molecule has 1 aliphatic rings. The Morgan fingerprint density at radius 3 is 2.18 bits per heavy atom. The number of carbonyl (C=O) groups excluding carboxylic acids is 1. The van der Waals surface area contributed by atoms with E-state index in [2.05, 4.69) is 32.6 Å². The molecule has 5 rings (SSSR count). The highest BCUT2D eigenvalue weighted by Gasteiger charge is 2.23. The van der Waals surface area contributed by atoms with Gasteiger partial charge in [-0.2, -0.15) is 4.68 Å². The number of piperazine rings is 1. The first-order valence-corrected chi connectivity index (χ1v) is 10.9. The van der Waals surface area contributed by atoms with Crippen LogP contribution in [0.2, 0.25) is 0 Å². The first-order valence-electron chi connectivity index (χ1n) is 10.9. The lowest BCUT2D eigenvalue weighted by Crippen LogP contribution is -2.48. The standard InChI is InChI=1S/C25H23FN6O/c26-22-10-12-23(13-11-22)32-24(27-28-29-32)18-30-14-16-31(17-15-30)25(33)21-8-6-20(7-9-21)19-4-2-1-3-5-19/h1-13H,14-18H2. The monoisotopic (exact) mass is 442 g/mol. The molecule has 0 spiro atoms. The number of nitrogens with zero attached hydrogens (tertiary/aromatic N) is 6. The number of halogens is 1.